The standard InChI is InChI=1S/C22H40N2O2/c25-21(23-17-11-5-6-12-18-23)15-9-3-1-2-4-10-16-22(26)24-19-13-7-8-14-20-24/h1-20H2. The molecule has 2 heterocycles. The summed E-state index contributed by atoms with van der Waals surface area (Å²) in [5, 5.41) is 0. The van der Waals surface area contributed by atoms with Crippen LogP contribution in [0.5, 0.6) is 0 Å². The van der Waals surface area contributed by atoms with Crippen LogP contribution in [0.25, 0.3) is 0 Å². The van der Waals surface area contributed by atoms with Crippen LogP contribution in [-0.2, 0) is 9.59 Å². The number of hydrogen-bond donors (Lipinski definition) is 0. The molecule has 0 aromatic rings. The van der Waals surface area contributed by atoms with Gasteiger partial charge < -0.3 is 9.80 Å². The van der Waals surface area contributed by atoms with Crippen molar-refractivity contribution in [3.8, 4) is 0 Å². The molecule has 0 aliphatic carbocycles. The van der Waals surface area contributed by atoms with Gasteiger partial charge in [0.25, 0.3) is 0 Å². The fourth-order valence-corrected chi connectivity index (χ4v) is 4.22. The normalized spacial score (nSPS) is 19.1. The van der Waals surface area contributed by atoms with Gasteiger partial charge >= 0.3 is 0 Å². The first kappa shape index (κ1) is 21.2. The van der Waals surface area contributed by atoms with E-state index in [0.717, 1.165) is 64.7 Å². The largest absolute Gasteiger partial charge is 0.343 e. The number of carbonyl (C=O) groups is 2. The molecule has 2 aliphatic heterocycles. The monoisotopic (exact) mass is 364 g/mol. The van der Waals surface area contributed by atoms with E-state index in [4.69, 9.17) is 0 Å². The fraction of sp³-hybridized carbons (Fsp3) is 0.909. The predicted molar refractivity (Wildman–Crippen MR) is 107 cm³/mol. The van der Waals surface area contributed by atoms with Crippen molar-refractivity contribution in [2.45, 2.75) is 103 Å². The third-order valence-corrected chi connectivity index (χ3v) is 5.95. The van der Waals surface area contributed by atoms with Gasteiger partial charge in [0.05, 0.1) is 0 Å². The molecule has 2 rings (SSSR count). The van der Waals surface area contributed by atoms with E-state index in [1.54, 1.807) is 0 Å². The summed E-state index contributed by atoms with van der Waals surface area (Å²) in [7, 11) is 0. The molecule has 2 fully saturated rings. The topological polar surface area (TPSA) is 40.6 Å². The Labute approximate surface area is 160 Å². The molecular weight excluding hydrogens is 324 g/mol. The van der Waals surface area contributed by atoms with Gasteiger partial charge in [-0.15, -0.1) is 0 Å². The van der Waals surface area contributed by atoms with Gasteiger partial charge in [0.2, 0.25) is 11.8 Å². The summed E-state index contributed by atoms with van der Waals surface area (Å²) in [4.78, 5) is 28.6. The van der Waals surface area contributed by atoms with E-state index in [9.17, 15) is 9.59 Å². The fourth-order valence-electron chi connectivity index (χ4n) is 4.22. The third-order valence-electron chi connectivity index (χ3n) is 5.95. The minimum atomic E-state index is 0.370. The summed E-state index contributed by atoms with van der Waals surface area (Å²) < 4.78 is 0. The van der Waals surface area contributed by atoms with Crippen LogP contribution in [0.1, 0.15) is 103 Å². The zero-order valence-electron chi connectivity index (χ0n) is 16.9. The molecule has 0 spiro atoms. The smallest absolute Gasteiger partial charge is 0.222 e. The van der Waals surface area contributed by atoms with Crippen molar-refractivity contribution in [2.75, 3.05) is 26.2 Å². The van der Waals surface area contributed by atoms with Gasteiger partial charge in [0.15, 0.2) is 0 Å². The van der Waals surface area contributed by atoms with Crippen molar-refractivity contribution in [3.63, 3.8) is 0 Å². The van der Waals surface area contributed by atoms with Crippen LogP contribution >= 0.6 is 0 Å². The van der Waals surface area contributed by atoms with Crippen LogP contribution in [-0.4, -0.2) is 47.8 Å². The lowest BCUT2D eigenvalue weighted by atomic mass is 10.1. The Balaban J connectivity index is 1.42. The summed E-state index contributed by atoms with van der Waals surface area (Å²) in [6.07, 6.45) is 18.1. The molecule has 0 atom stereocenters. The maximum absolute atomic E-state index is 12.2. The Hall–Kier alpha value is -1.06. The SMILES string of the molecule is O=C(CCCCCCCCC(=O)N1CCCCCC1)N1CCCCCC1. The molecule has 0 N–H and O–H groups in total. The van der Waals surface area contributed by atoms with E-state index in [2.05, 4.69) is 9.80 Å². The van der Waals surface area contributed by atoms with E-state index in [-0.39, 0.29) is 0 Å². The molecule has 0 bridgehead atoms. The summed E-state index contributed by atoms with van der Waals surface area (Å²) in [5.74, 6) is 0.741. The first-order valence-corrected chi connectivity index (χ1v) is 11.3. The molecule has 2 amide bonds. The maximum atomic E-state index is 12.2. The molecule has 0 aromatic heterocycles. The van der Waals surface area contributed by atoms with Crippen molar-refractivity contribution < 1.29 is 9.59 Å². The highest BCUT2D eigenvalue weighted by Gasteiger charge is 2.15. The first-order valence-electron chi connectivity index (χ1n) is 11.3. The van der Waals surface area contributed by atoms with Gasteiger partial charge in [-0.3, -0.25) is 9.59 Å². The second kappa shape index (κ2) is 13.2. The van der Waals surface area contributed by atoms with E-state index in [1.165, 1.54) is 64.2 Å². The molecule has 0 radical (unpaired) electrons. The Kier molecular flexibility index (Phi) is 10.8. The van der Waals surface area contributed by atoms with Gasteiger partial charge in [-0.25, -0.2) is 0 Å². The Bertz CT molecular complexity index is 357. The van der Waals surface area contributed by atoms with Gasteiger partial charge in [-0.1, -0.05) is 51.4 Å². The number of unbranched alkanes of at least 4 members (excludes halogenated alkanes) is 5. The lowest BCUT2D eigenvalue weighted by Gasteiger charge is -2.20. The van der Waals surface area contributed by atoms with Gasteiger partial charge in [-0.05, 0) is 38.5 Å². The van der Waals surface area contributed by atoms with Crippen molar-refractivity contribution in [1.29, 1.82) is 0 Å². The summed E-state index contributed by atoms with van der Waals surface area (Å²) >= 11 is 0. The molecule has 4 heteroatoms. The molecule has 4 nitrogen and oxygen atoms in total. The van der Waals surface area contributed by atoms with Crippen LogP contribution < -0.4 is 0 Å². The quantitative estimate of drug-likeness (QED) is 0.545. The van der Waals surface area contributed by atoms with Crippen LogP contribution in [0, 0.1) is 0 Å². The van der Waals surface area contributed by atoms with E-state index < -0.39 is 0 Å². The minimum absolute atomic E-state index is 0.370. The predicted octanol–water partition coefficient (Wildman–Crippen LogP) is 4.91. The Morgan fingerprint density at radius 2 is 0.769 bits per heavy atom. The van der Waals surface area contributed by atoms with Gasteiger partial charge in [0.1, 0.15) is 0 Å². The molecule has 2 saturated heterocycles. The maximum Gasteiger partial charge on any atom is 0.222 e. The molecule has 0 saturated carbocycles. The number of amides is 2. The zero-order chi connectivity index (χ0) is 18.5. The highest BCUT2D eigenvalue weighted by molar-refractivity contribution is 5.76. The third kappa shape index (κ3) is 8.55. The molecular formula is C22H40N2O2. The Morgan fingerprint density at radius 3 is 1.12 bits per heavy atom. The van der Waals surface area contributed by atoms with Crippen LogP contribution in [0.2, 0.25) is 0 Å². The lowest BCUT2D eigenvalue weighted by molar-refractivity contribution is -0.132. The van der Waals surface area contributed by atoms with Crippen molar-refractivity contribution in [2.24, 2.45) is 0 Å². The summed E-state index contributed by atoms with van der Waals surface area (Å²) in [6, 6.07) is 0. The number of hydrogen-bond acceptors (Lipinski definition) is 2. The van der Waals surface area contributed by atoms with Gasteiger partial charge in [0, 0.05) is 39.0 Å². The molecule has 2 aliphatic rings. The van der Waals surface area contributed by atoms with E-state index in [0.29, 0.717) is 11.8 Å². The number of carbonyl (C=O) groups excluding carboxylic acids is 2. The highest BCUT2D eigenvalue weighted by Crippen LogP contribution is 2.15. The average molecular weight is 365 g/mol. The Morgan fingerprint density at radius 1 is 0.462 bits per heavy atom. The lowest BCUT2D eigenvalue weighted by Crippen LogP contribution is -2.31. The first-order chi connectivity index (χ1) is 12.8. The van der Waals surface area contributed by atoms with E-state index in [1.807, 2.05) is 0 Å². The van der Waals surface area contributed by atoms with Crippen molar-refractivity contribution >= 4 is 11.8 Å². The number of nitrogens with zero attached hydrogens (tertiary/aromatic N) is 2. The van der Waals surface area contributed by atoms with Crippen LogP contribution in [0.4, 0.5) is 0 Å². The van der Waals surface area contributed by atoms with Crippen molar-refractivity contribution in [1.82, 2.24) is 9.80 Å². The van der Waals surface area contributed by atoms with Crippen LogP contribution in [0.15, 0.2) is 0 Å². The van der Waals surface area contributed by atoms with E-state index >= 15 is 0 Å². The number of rotatable bonds is 9. The van der Waals surface area contributed by atoms with Gasteiger partial charge in [-0.2, -0.15) is 0 Å². The summed E-state index contributed by atoms with van der Waals surface area (Å²) in [6.45, 7) is 3.90. The highest BCUT2D eigenvalue weighted by atomic mass is 16.2. The second-order valence-electron chi connectivity index (χ2n) is 8.21. The minimum Gasteiger partial charge on any atom is -0.343 e. The molecule has 0 aromatic carbocycles. The van der Waals surface area contributed by atoms with Crippen LogP contribution in [0.3, 0.4) is 0 Å². The zero-order valence-corrected chi connectivity index (χ0v) is 16.9. The molecule has 0 unspecified atom stereocenters. The van der Waals surface area contributed by atoms with Crippen molar-refractivity contribution in [3.05, 3.63) is 0 Å². The second-order valence-corrected chi connectivity index (χ2v) is 8.21. The average Bonchev–Trinajstić information content (AvgIpc) is 3.08. The molecule has 150 valence electrons. The molecule has 26 heavy (non-hydrogen) atoms. The summed E-state index contributed by atoms with van der Waals surface area (Å²) in [5.41, 5.74) is 0. The number of likely N-dealkylation sites (tertiary alicyclic amines) is 2.